The predicted octanol–water partition coefficient (Wildman–Crippen LogP) is 3.04. The van der Waals surface area contributed by atoms with Crippen molar-refractivity contribution in [3.05, 3.63) is 29.8 Å². The van der Waals surface area contributed by atoms with Gasteiger partial charge in [-0.2, -0.15) is 0 Å². The first kappa shape index (κ1) is 13.4. The molecule has 1 aromatic carbocycles. The quantitative estimate of drug-likeness (QED) is 0.680. The van der Waals surface area contributed by atoms with Crippen molar-refractivity contribution in [2.45, 2.75) is 50.7 Å². The van der Waals surface area contributed by atoms with E-state index in [0.717, 1.165) is 30.8 Å². The van der Waals surface area contributed by atoms with Crippen LogP contribution >= 0.6 is 0 Å². The third kappa shape index (κ3) is 2.66. The zero-order valence-electron chi connectivity index (χ0n) is 12.0. The Morgan fingerprint density at radius 1 is 1.20 bits per heavy atom. The van der Waals surface area contributed by atoms with Gasteiger partial charge in [0, 0.05) is 31.5 Å². The minimum absolute atomic E-state index is 0.538. The van der Waals surface area contributed by atoms with Crippen molar-refractivity contribution >= 4 is 5.71 Å². The van der Waals surface area contributed by atoms with Gasteiger partial charge in [0.15, 0.2) is 0 Å². The molecular weight excluding hydrogens is 252 g/mol. The standard InChI is InChI=1S/C16H22N2O2/c1-20-16-7-5-12(6-8-16)11-18-14-3-2-4-15(18)10-13(9-14)17-19/h5-8,14-15,19H,2-4,9-11H2,1H3/t14-,15-/m1/s1. The monoisotopic (exact) mass is 274 g/mol. The van der Waals surface area contributed by atoms with Gasteiger partial charge in [0.05, 0.1) is 12.8 Å². The zero-order valence-corrected chi connectivity index (χ0v) is 12.0. The number of nitrogens with zero attached hydrogens (tertiary/aromatic N) is 2. The summed E-state index contributed by atoms with van der Waals surface area (Å²) < 4.78 is 5.21. The van der Waals surface area contributed by atoms with E-state index in [1.807, 2.05) is 12.1 Å². The maximum Gasteiger partial charge on any atom is 0.118 e. The van der Waals surface area contributed by atoms with E-state index in [2.05, 4.69) is 22.2 Å². The molecule has 108 valence electrons. The molecule has 0 spiro atoms. The van der Waals surface area contributed by atoms with Crippen LogP contribution in [0, 0.1) is 0 Å². The summed E-state index contributed by atoms with van der Waals surface area (Å²) >= 11 is 0. The average molecular weight is 274 g/mol. The lowest BCUT2D eigenvalue weighted by atomic mass is 9.83. The molecule has 0 amide bonds. The van der Waals surface area contributed by atoms with Crippen LogP contribution in [-0.2, 0) is 6.54 Å². The van der Waals surface area contributed by atoms with Gasteiger partial charge in [-0.1, -0.05) is 23.7 Å². The largest absolute Gasteiger partial charge is 0.497 e. The normalized spacial score (nSPS) is 26.4. The summed E-state index contributed by atoms with van der Waals surface area (Å²) in [4.78, 5) is 2.60. The first-order valence-corrected chi connectivity index (χ1v) is 7.38. The Hall–Kier alpha value is -1.55. The van der Waals surface area contributed by atoms with Crippen LogP contribution in [0.5, 0.6) is 5.75 Å². The number of methoxy groups -OCH3 is 1. The lowest BCUT2D eigenvalue weighted by Gasteiger charge is -2.46. The van der Waals surface area contributed by atoms with Crippen LogP contribution in [0.2, 0.25) is 0 Å². The van der Waals surface area contributed by atoms with Crippen molar-refractivity contribution in [1.29, 1.82) is 0 Å². The maximum atomic E-state index is 9.04. The number of piperidine rings is 2. The number of fused-ring (bicyclic) bond motifs is 2. The second-order valence-electron chi connectivity index (χ2n) is 5.83. The molecule has 1 N–H and O–H groups in total. The highest BCUT2D eigenvalue weighted by atomic mass is 16.5. The van der Waals surface area contributed by atoms with Crippen LogP contribution in [-0.4, -0.2) is 35.0 Å². The van der Waals surface area contributed by atoms with Gasteiger partial charge in [0.2, 0.25) is 0 Å². The molecule has 2 bridgehead atoms. The lowest BCUT2D eigenvalue weighted by Crippen LogP contribution is -2.51. The van der Waals surface area contributed by atoms with Crippen LogP contribution in [0.25, 0.3) is 0 Å². The summed E-state index contributed by atoms with van der Waals surface area (Å²) in [6, 6.07) is 9.41. The molecule has 0 aliphatic carbocycles. The number of hydrogen-bond acceptors (Lipinski definition) is 4. The Morgan fingerprint density at radius 3 is 2.40 bits per heavy atom. The molecule has 0 radical (unpaired) electrons. The minimum atomic E-state index is 0.538. The van der Waals surface area contributed by atoms with Crippen molar-refractivity contribution in [1.82, 2.24) is 4.90 Å². The molecule has 2 aliphatic heterocycles. The fraction of sp³-hybridized carbons (Fsp3) is 0.562. The topological polar surface area (TPSA) is 45.1 Å². The van der Waals surface area contributed by atoms with E-state index in [1.54, 1.807) is 7.11 Å². The highest BCUT2D eigenvalue weighted by Crippen LogP contribution is 2.34. The molecule has 2 atom stereocenters. The molecule has 2 aliphatic rings. The van der Waals surface area contributed by atoms with Crippen LogP contribution in [0.4, 0.5) is 0 Å². The van der Waals surface area contributed by atoms with Gasteiger partial charge >= 0.3 is 0 Å². The van der Waals surface area contributed by atoms with E-state index in [4.69, 9.17) is 9.94 Å². The Balaban J connectivity index is 1.73. The number of benzene rings is 1. The van der Waals surface area contributed by atoms with Crippen molar-refractivity contribution < 1.29 is 9.94 Å². The minimum Gasteiger partial charge on any atom is -0.497 e. The first-order chi connectivity index (χ1) is 9.80. The summed E-state index contributed by atoms with van der Waals surface area (Å²) in [5.41, 5.74) is 2.30. The van der Waals surface area contributed by atoms with Crippen LogP contribution in [0.15, 0.2) is 29.4 Å². The molecule has 3 rings (SSSR count). The molecule has 0 aromatic heterocycles. The van der Waals surface area contributed by atoms with E-state index < -0.39 is 0 Å². The third-order valence-corrected chi connectivity index (χ3v) is 4.62. The van der Waals surface area contributed by atoms with Crippen molar-refractivity contribution in [2.24, 2.45) is 5.16 Å². The van der Waals surface area contributed by atoms with Gasteiger partial charge in [-0.05, 0) is 30.5 Å². The van der Waals surface area contributed by atoms with E-state index in [0.29, 0.717) is 12.1 Å². The zero-order chi connectivity index (χ0) is 13.9. The molecule has 20 heavy (non-hydrogen) atoms. The molecule has 2 heterocycles. The summed E-state index contributed by atoms with van der Waals surface area (Å²) in [6.07, 6.45) is 5.57. The van der Waals surface area contributed by atoms with Gasteiger partial charge in [0.25, 0.3) is 0 Å². The second-order valence-corrected chi connectivity index (χ2v) is 5.83. The summed E-state index contributed by atoms with van der Waals surface area (Å²) in [6.45, 7) is 0.984. The third-order valence-electron chi connectivity index (χ3n) is 4.62. The Morgan fingerprint density at radius 2 is 1.85 bits per heavy atom. The Kier molecular flexibility index (Phi) is 3.92. The SMILES string of the molecule is COc1ccc(CN2[C@@H]3CCC[C@@H]2CC(=NO)C3)cc1. The van der Waals surface area contributed by atoms with Crippen molar-refractivity contribution in [2.75, 3.05) is 7.11 Å². The average Bonchev–Trinajstić information content (AvgIpc) is 2.47. The van der Waals surface area contributed by atoms with Gasteiger partial charge in [-0.3, -0.25) is 4.90 Å². The smallest absolute Gasteiger partial charge is 0.118 e. The van der Waals surface area contributed by atoms with E-state index in [1.165, 1.54) is 24.8 Å². The van der Waals surface area contributed by atoms with Gasteiger partial charge in [-0.25, -0.2) is 0 Å². The van der Waals surface area contributed by atoms with Crippen LogP contribution < -0.4 is 4.74 Å². The van der Waals surface area contributed by atoms with Crippen LogP contribution in [0.1, 0.15) is 37.7 Å². The fourth-order valence-electron chi connectivity index (χ4n) is 3.57. The number of hydrogen-bond donors (Lipinski definition) is 1. The molecule has 0 unspecified atom stereocenters. The summed E-state index contributed by atoms with van der Waals surface area (Å²) in [5, 5.41) is 12.5. The molecule has 2 fully saturated rings. The van der Waals surface area contributed by atoms with Crippen molar-refractivity contribution in [3.63, 3.8) is 0 Å². The summed E-state index contributed by atoms with van der Waals surface area (Å²) in [5.74, 6) is 0.905. The first-order valence-electron chi connectivity index (χ1n) is 7.38. The van der Waals surface area contributed by atoms with E-state index in [9.17, 15) is 0 Å². The highest BCUT2D eigenvalue weighted by molar-refractivity contribution is 5.85. The maximum absolute atomic E-state index is 9.04. The molecule has 2 saturated heterocycles. The summed E-state index contributed by atoms with van der Waals surface area (Å²) in [7, 11) is 1.69. The van der Waals surface area contributed by atoms with Gasteiger partial charge < -0.3 is 9.94 Å². The van der Waals surface area contributed by atoms with Crippen LogP contribution in [0.3, 0.4) is 0 Å². The lowest BCUT2D eigenvalue weighted by molar-refractivity contribution is 0.0668. The molecular formula is C16H22N2O2. The molecule has 0 saturated carbocycles. The van der Waals surface area contributed by atoms with E-state index >= 15 is 0 Å². The second kappa shape index (κ2) is 5.83. The molecule has 4 heteroatoms. The Bertz CT molecular complexity index is 468. The van der Waals surface area contributed by atoms with Gasteiger partial charge in [0.1, 0.15) is 5.75 Å². The fourth-order valence-corrected chi connectivity index (χ4v) is 3.57. The van der Waals surface area contributed by atoms with E-state index in [-0.39, 0.29) is 0 Å². The van der Waals surface area contributed by atoms with Gasteiger partial charge in [-0.15, -0.1) is 0 Å². The number of rotatable bonds is 3. The number of ether oxygens (including phenoxy) is 1. The Labute approximate surface area is 120 Å². The number of oxime groups is 1. The van der Waals surface area contributed by atoms with Crippen molar-refractivity contribution in [3.8, 4) is 5.75 Å². The highest BCUT2D eigenvalue weighted by Gasteiger charge is 2.36. The molecule has 1 aromatic rings. The predicted molar refractivity (Wildman–Crippen MR) is 78.4 cm³/mol. The molecule has 4 nitrogen and oxygen atoms in total.